The third kappa shape index (κ3) is 8.68. The van der Waals surface area contributed by atoms with Gasteiger partial charge >= 0.3 is 0 Å². The van der Waals surface area contributed by atoms with Gasteiger partial charge in [0.1, 0.15) is 0 Å². The molecule has 0 aromatic rings. The summed E-state index contributed by atoms with van der Waals surface area (Å²) in [6, 6.07) is 0.257. The Bertz CT molecular complexity index is 228. The fourth-order valence-electron chi connectivity index (χ4n) is 1.46. The first kappa shape index (κ1) is 15.9. The minimum atomic E-state index is -0.00500. The van der Waals surface area contributed by atoms with E-state index in [0.29, 0.717) is 19.5 Å². The normalized spacial score (nSPS) is 10.4. The Balaban J connectivity index is 3.54. The summed E-state index contributed by atoms with van der Waals surface area (Å²) in [5.74, 6) is 0.00926. The minimum Gasteiger partial charge on any atom is -0.356 e. The predicted molar refractivity (Wildman–Crippen MR) is 68.7 cm³/mol. The van der Waals surface area contributed by atoms with Crippen LogP contribution in [-0.4, -0.2) is 37.5 Å². The van der Waals surface area contributed by atoms with Crippen molar-refractivity contribution in [2.24, 2.45) is 0 Å². The molecule has 0 unspecified atom stereocenters. The first-order valence-electron chi connectivity index (χ1n) is 6.40. The molecule has 0 spiro atoms. The summed E-state index contributed by atoms with van der Waals surface area (Å²) < 4.78 is 0. The molecular weight excluding hydrogens is 218 g/mol. The van der Waals surface area contributed by atoms with Crippen LogP contribution in [0.5, 0.6) is 0 Å². The Hall–Kier alpha value is -1.10. The van der Waals surface area contributed by atoms with E-state index in [1.54, 1.807) is 0 Å². The maximum Gasteiger partial charge on any atom is 0.234 e. The van der Waals surface area contributed by atoms with Crippen LogP contribution in [0.25, 0.3) is 0 Å². The molecule has 5 nitrogen and oxygen atoms in total. The average Bonchev–Trinajstić information content (AvgIpc) is 2.32. The molecule has 3 N–H and O–H groups in total. The summed E-state index contributed by atoms with van der Waals surface area (Å²) in [5.41, 5.74) is 0. The lowest BCUT2D eigenvalue weighted by Crippen LogP contribution is -2.40. The highest BCUT2D eigenvalue weighted by Gasteiger charge is 2.07. The molecule has 0 radical (unpaired) electrons. The molecule has 0 saturated carbocycles. The van der Waals surface area contributed by atoms with Gasteiger partial charge < -0.3 is 16.0 Å². The molecule has 0 rings (SSSR count). The number of rotatable bonds is 9. The number of hydrogen-bond acceptors (Lipinski definition) is 3. The zero-order valence-corrected chi connectivity index (χ0v) is 11.1. The quantitative estimate of drug-likeness (QED) is 0.514. The molecule has 5 heteroatoms. The average molecular weight is 243 g/mol. The Morgan fingerprint density at radius 3 is 2.24 bits per heavy atom. The Labute approximate surface area is 104 Å². The van der Waals surface area contributed by atoms with Gasteiger partial charge in [0.25, 0.3) is 0 Å². The van der Waals surface area contributed by atoms with E-state index >= 15 is 0 Å². The topological polar surface area (TPSA) is 70.2 Å². The van der Waals surface area contributed by atoms with E-state index in [9.17, 15) is 9.59 Å². The van der Waals surface area contributed by atoms with E-state index in [2.05, 4.69) is 29.8 Å². The third-order valence-corrected chi connectivity index (χ3v) is 2.54. The maximum atomic E-state index is 11.5. The molecule has 2 amide bonds. The van der Waals surface area contributed by atoms with Crippen molar-refractivity contribution in [3.63, 3.8) is 0 Å². The summed E-state index contributed by atoms with van der Waals surface area (Å²) in [6.07, 6.45) is 2.30. The van der Waals surface area contributed by atoms with Gasteiger partial charge in [0.05, 0.1) is 6.54 Å². The van der Waals surface area contributed by atoms with Crippen molar-refractivity contribution in [3.05, 3.63) is 0 Å². The van der Waals surface area contributed by atoms with Gasteiger partial charge in [-0.1, -0.05) is 13.8 Å². The molecule has 0 aliphatic heterocycles. The zero-order chi connectivity index (χ0) is 13.1. The second-order valence-electron chi connectivity index (χ2n) is 3.96. The standard InChI is InChI=1S/C12H25N3O2/c1-4-10(5-2)15-12(17)9-13-8-7-11(16)14-6-3/h10,13H,4-9H2,1-3H3,(H,14,16)(H,15,17). The summed E-state index contributed by atoms with van der Waals surface area (Å²) in [6.45, 7) is 7.44. The SMILES string of the molecule is CCNC(=O)CCNCC(=O)NC(CC)CC. The van der Waals surface area contributed by atoms with Crippen LogP contribution < -0.4 is 16.0 Å². The lowest BCUT2D eigenvalue weighted by atomic mass is 10.2. The van der Waals surface area contributed by atoms with Gasteiger partial charge in [-0.15, -0.1) is 0 Å². The lowest BCUT2D eigenvalue weighted by molar-refractivity contribution is -0.122. The molecule has 0 heterocycles. The van der Waals surface area contributed by atoms with E-state index in [1.165, 1.54) is 0 Å². The first-order chi connectivity index (χ1) is 8.13. The van der Waals surface area contributed by atoms with Crippen molar-refractivity contribution in [1.82, 2.24) is 16.0 Å². The highest BCUT2D eigenvalue weighted by atomic mass is 16.2. The van der Waals surface area contributed by atoms with Crippen molar-refractivity contribution in [2.45, 2.75) is 46.1 Å². The van der Waals surface area contributed by atoms with Crippen LogP contribution in [0.1, 0.15) is 40.0 Å². The van der Waals surface area contributed by atoms with Crippen molar-refractivity contribution >= 4 is 11.8 Å². The van der Waals surface area contributed by atoms with E-state index in [0.717, 1.165) is 12.8 Å². The largest absolute Gasteiger partial charge is 0.356 e. The highest BCUT2D eigenvalue weighted by molar-refractivity contribution is 5.78. The van der Waals surface area contributed by atoms with Gasteiger partial charge in [-0.05, 0) is 19.8 Å². The molecule has 100 valence electrons. The van der Waals surface area contributed by atoms with E-state index in [1.807, 2.05) is 6.92 Å². The monoisotopic (exact) mass is 243 g/mol. The third-order valence-electron chi connectivity index (χ3n) is 2.54. The van der Waals surface area contributed by atoms with Crippen molar-refractivity contribution in [3.8, 4) is 0 Å². The number of nitrogens with one attached hydrogen (secondary N) is 3. The fourth-order valence-corrected chi connectivity index (χ4v) is 1.46. The van der Waals surface area contributed by atoms with Gasteiger partial charge in [0.15, 0.2) is 0 Å². The second kappa shape index (κ2) is 10.1. The van der Waals surface area contributed by atoms with Gasteiger partial charge in [0, 0.05) is 25.6 Å². The van der Waals surface area contributed by atoms with Crippen LogP contribution >= 0.6 is 0 Å². The van der Waals surface area contributed by atoms with Crippen LogP contribution in [0.15, 0.2) is 0 Å². The number of hydrogen-bond donors (Lipinski definition) is 3. The Kier molecular flexibility index (Phi) is 9.43. The molecule has 17 heavy (non-hydrogen) atoms. The molecule has 0 aromatic heterocycles. The van der Waals surface area contributed by atoms with E-state index in [-0.39, 0.29) is 24.4 Å². The van der Waals surface area contributed by atoms with Crippen LogP contribution in [0.4, 0.5) is 0 Å². The van der Waals surface area contributed by atoms with Gasteiger partial charge in [0.2, 0.25) is 11.8 Å². The molecule has 0 bridgehead atoms. The fraction of sp³-hybridized carbons (Fsp3) is 0.833. The number of amides is 2. The lowest BCUT2D eigenvalue weighted by Gasteiger charge is -2.14. The van der Waals surface area contributed by atoms with Crippen molar-refractivity contribution < 1.29 is 9.59 Å². The van der Waals surface area contributed by atoms with Crippen LogP contribution in [0.2, 0.25) is 0 Å². The summed E-state index contributed by atoms with van der Waals surface area (Å²) in [4.78, 5) is 22.6. The van der Waals surface area contributed by atoms with Crippen molar-refractivity contribution in [1.29, 1.82) is 0 Å². The Morgan fingerprint density at radius 2 is 1.71 bits per heavy atom. The van der Waals surface area contributed by atoms with Crippen LogP contribution in [-0.2, 0) is 9.59 Å². The van der Waals surface area contributed by atoms with Gasteiger partial charge in [-0.3, -0.25) is 9.59 Å². The molecule has 0 aliphatic carbocycles. The first-order valence-corrected chi connectivity index (χ1v) is 6.40. The number of carbonyl (C=O) groups is 2. The molecule has 0 fully saturated rings. The van der Waals surface area contributed by atoms with Gasteiger partial charge in [-0.25, -0.2) is 0 Å². The van der Waals surface area contributed by atoms with Crippen LogP contribution in [0.3, 0.4) is 0 Å². The summed E-state index contributed by atoms with van der Waals surface area (Å²) in [7, 11) is 0. The highest BCUT2D eigenvalue weighted by Crippen LogP contribution is 1.94. The molecule has 0 saturated heterocycles. The predicted octanol–water partition coefficient (Wildman–Crippen LogP) is 0.407. The Morgan fingerprint density at radius 1 is 1.06 bits per heavy atom. The molecule has 0 atom stereocenters. The second-order valence-corrected chi connectivity index (χ2v) is 3.96. The number of carbonyl (C=O) groups excluding carboxylic acids is 2. The van der Waals surface area contributed by atoms with Crippen LogP contribution in [0, 0.1) is 0 Å². The van der Waals surface area contributed by atoms with Crippen molar-refractivity contribution in [2.75, 3.05) is 19.6 Å². The smallest absolute Gasteiger partial charge is 0.234 e. The van der Waals surface area contributed by atoms with Gasteiger partial charge in [-0.2, -0.15) is 0 Å². The van der Waals surface area contributed by atoms with E-state index < -0.39 is 0 Å². The summed E-state index contributed by atoms with van der Waals surface area (Å²) >= 11 is 0. The zero-order valence-electron chi connectivity index (χ0n) is 11.1. The maximum absolute atomic E-state index is 11.5. The molecular formula is C12H25N3O2. The summed E-state index contributed by atoms with van der Waals surface area (Å²) in [5, 5.41) is 8.59. The minimum absolute atomic E-state index is 0.00500. The molecule has 0 aromatic carbocycles. The van der Waals surface area contributed by atoms with E-state index in [4.69, 9.17) is 0 Å². The molecule has 0 aliphatic rings.